The summed E-state index contributed by atoms with van der Waals surface area (Å²) in [5.74, 6) is -0.0169. The Hall–Kier alpha value is -3.72. The maximum Gasteiger partial charge on any atom is 0.268 e. The molecule has 0 spiro atoms. The molecule has 12 heteroatoms. The quantitative estimate of drug-likeness (QED) is 0.207. The number of nitrogens with one attached hydrogen (secondary N) is 1. The Labute approximate surface area is 210 Å². The van der Waals surface area contributed by atoms with Crippen molar-refractivity contribution in [3.8, 4) is 11.8 Å². The topological polar surface area (TPSA) is 127 Å². The second kappa shape index (κ2) is 10.3. The van der Waals surface area contributed by atoms with Crippen LogP contribution < -0.4 is 10.1 Å². The molecule has 0 saturated carbocycles. The molecule has 0 saturated heterocycles. The number of nitrogens with zero attached hydrogens (tertiary/aromatic N) is 4. The van der Waals surface area contributed by atoms with Gasteiger partial charge in [-0.25, -0.2) is 8.42 Å². The second-order valence-corrected chi connectivity index (χ2v) is 11.0. The number of ether oxygens (including phenoxy) is 1. The van der Waals surface area contributed by atoms with Gasteiger partial charge in [-0.1, -0.05) is 41.1 Å². The lowest BCUT2D eigenvalue weighted by Crippen LogP contribution is -2.13. The minimum absolute atomic E-state index is 0.0154. The van der Waals surface area contributed by atoms with E-state index in [2.05, 4.69) is 15.5 Å². The molecule has 0 radical (unpaired) electrons. The number of carbonyl (C=O) groups excluding carboxylic acids is 1. The number of anilines is 1. The molecule has 1 N–H and O–H groups in total. The van der Waals surface area contributed by atoms with E-state index >= 15 is 0 Å². The van der Waals surface area contributed by atoms with Crippen LogP contribution in [0.1, 0.15) is 5.56 Å². The first-order valence-electron chi connectivity index (χ1n) is 10.2. The largest absolute Gasteiger partial charge is 0.492 e. The lowest BCUT2D eigenvalue weighted by molar-refractivity contribution is -0.112. The molecule has 178 valence electrons. The molecule has 35 heavy (non-hydrogen) atoms. The number of aromatic nitrogens is 3. The van der Waals surface area contributed by atoms with E-state index < -0.39 is 15.7 Å². The van der Waals surface area contributed by atoms with Gasteiger partial charge in [-0.3, -0.25) is 10.1 Å². The highest BCUT2D eigenvalue weighted by Gasteiger charge is 2.18. The van der Waals surface area contributed by atoms with Crippen LogP contribution in [0.5, 0.6) is 5.75 Å². The number of hydrogen-bond donors (Lipinski definition) is 1. The van der Waals surface area contributed by atoms with E-state index in [9.17, 15) is 18.5 Å². The number of sulfone groups is 1. The first kappa shape index (κ1) is 24.4. The molecular weight excluding hydrogens is 510 g/mol. The number of fused-ring (bicyclic) bond motifs is 1. The third-order valence-corrected chi connectivity index (χ3v) is 7.60. The zero-order valence-corrected chi connectivity index (χ0v) is 20.7. The Morgan fingerprint density at radius 2 is 1.97 bits per heavy atom. The van der Waals surface area contributed by atoms with Gasteiger partial charge in [-0.05, 0) is 36.4 Å². The molecule has 0 bridgehead atoms. The average molecular weight is 528 g/mol. The Balaban J connectivity index is 1.54. The zero-order chi connectivity index (χ0) is 25.0. The summed E-state index contributed by atoms with van der Waals surface area (Å²) in [6.07, 6.45) is 4.32. The van der Waals surface area contributed by atoms with Gasteiger partial charge >= 0.3 is 0 Å². The highest BCUT2D eigenvalue weighted by molar-refractivity contribution is 7.92. The van der Waals surface area contributed by atoms with Crippen molar-refractivity contribution < 1.29 is 17.9 Å². The molecule has 0 fully saturated rings. The molecule has 0 atom stereocenters. The highest BCUT2D eigenvalue weighted by atomic mass is 35.5. The normalized spacial score (nSPS) is 11.9. The predicted octanol–water partition coefficient (Wildman–Crippen LogP) is 4.17. The molecule has 4 rings (SSSR count). The van der Waals surface area contributed by atoms with Gasteiger partial charge in [-0.15, -0.1) is 10.2 Å². The molecule has 1 amide bonds. The van der Waals surface area contributed by atoms with E-state index in [0.29, 0.717) is 40.8 Å². The van der Waals surface area contributed by atoms with Crippen molar-refractivity contribution in [2.45, 2.75) is 10.9 Å². The molecule has 9 nitrogen and oxygen atoms in total. The first-order valence-corrected chi connectivity index (χ1v) is 13.3. The van der Waals surface area contributed by atoms with Crippen LogP contribution in [0.2, 0.25) is 5.02 Å². The Morgan fingerprint density at radius 1 is 1.23 bits per heavy atom. The summed E-state index contributed by atoms with van der Waals surface area (Å²) in [6, 6.07) is 16.6. The SMILES string of the molecule is CS(=O)(=O)c1nnc(NC(=O)/C(C#N)=C\c2cn(CCOc3ccc(Cl)cc3)c3ccccc23)s1. The van der Waals surface area contributed by atoms with Crippen LogP contribution in [-0.2, 0) is 21.2 Å². The van der Waals surface area contributed by atoms with E-state index in [-0.39, 0.29) is 15.0 Å². The Bertz CT molecular complexity index is 1570. The van der Waals surface area contributed by atoms with Crippen LogP contribution in [0, 0.1) is 11.3 Å². The van der Waals surface area contributed by atoms with E-state index in [1.807, 2.05) is 41.1 Å². The molecular formula is C23H18ClN5O4S2. The van der Waals surface area contributed by atoms with Crippen LogP contribution in [0.4, 0.5) is 5.13 Å². The average Bonchev–Trinajstić information content (AvgIpc) is 3.44. The van der Waals surface area contributed by atoms with Crippen LogP contribution in [0.3, 0.4) is 0 Å². The number of carbonyl (C=O) groups is 1. The summed E-state index contributed by atoms with van der Waals surface area (Å²) < 4.78 is 30.7. The van der Waals surface area contributed by atoms with Crippen molar-refractivity contribution in [2.75, 3.05) is 18.2 Å². The number of halogens is 1. The second-order valence-electron chi connectivity index (χ2n) is 7.37. The predicted molar refractivity (Wildman–Crippen MR) is 134 cm³/mol. The van der Waals surface area contributed by atoms with Gasteiger partial charge < -0.3 is 9.30 Å². The third-order valence-electron chi connectivity index (χ3n) is 4.84. The fourth-order valence-corrected chi connectivity index (χ4v) is 4.88. The van der Waals surface area contributed by atoms with Crippen LogP contribution in [-0.4, -0.2) is 42.0 Å². The molecule has 4 aromatic rings. The number of rotatable bonds is 8. The highest BCUT2D eigenvalue weighted by Crippen LogP contribution is 2.25. The van der Waals surface area contributed by atoms with Gasteiger partial charge in [0.1, 0.15) is 24.0 Å². The number of para-hydroxylation sites is 1. The van der Waals surface area contributed by atoms with Crippen LogP contribution in [0.15, 0.2) is 64.6 Å². The minimum atomic E-state index is -3.55. The molecule has 0 unspecified atom stereocenters. The Morgan fingerprint density at radius 3 is 2.66 bits per heavy atom. The van der Waals surface area contributed by atoms with Crippen molar-refractivity contribution in [1.29, 1.82) is 5.26 Å². The monoisotopic (exact) mass is 527 g/mol. The summed E-state index contributed by atoms with van der Waals surface area (Å²) in [5, 5.41) is 20.7. The van der Waals surface area contributed by atoms with Crippen molar-refractivity contribution in [3.05, 3.63) is 70.9 Å². The van der Waals surface area contributed by atoms with Crippen molar-refractivity contribution >= 4 is 60.8 Å². The summed E-state index contributed by atoms with van der Waals surface area (Å²) in [7, 11) is -3.55. The summed E-state index contributed by atoms with van der Waals surface area (Å²) in [4.78, 5) is 12.7. The van der Waals surface area contributed by atoms with Crippen molar-refractivity contribution in [2.24, 2.45) is 0 Å². The number of hydrogen-bond acceptors (Lipinski definition) is 8. The smallest absolute Gasteiger partial charge is 0.268 e. The van der Waals surface area contributed by atoms with Gasteiger partial charge in [0.05, 0.1) is 6.54 Å². The molecule has 2 aromatic heterocycles. The van der Waals surface area contributed by atoms with Gasteiger partial charge in [0.2, 0.25) is 19.3 Å². The first-order chi connectivity index (χ1) is 16.7. The van der Waals surface area contributed by atoms with Gasteiger partial charge in [0, 0.05) is 33.9 Å². The molecule has 0 aliphatic carbocycles. The fourth-order valence-electron chi connectivity index (χ4n) is 3.25. The van der Waals surface area contributed by atoms with Crippen LogP contribution >= 0.6 is 22.9 Å². The van der Waals surface area contributed by atoms with E-state index in [0.717, 1.165) is 17.2 Å². The standard InChI is InChI=1S/C23H18ClN5O4S2/c1-35(31,32)23-28-27-22(34-23)26-21(30)15(13-25)12-16-14-29(20-5-3-2-4-19(16)20)10-11-33-18-8-6-17(24)7-9-18/h2-9,12,14H,10-11H2,1H3,(H,26,27,30)/b15-12-. The molecule has 2 heterocycles. The maximum absolute atomic E-state index is 12.7. The molecule has 0 aliphatic rings. The summed E-state index contributed by atoms with van der Waals surface area (Å²) in [6.45, 7) is 0.929. The Kier molecular flexibility index (Phi) is 7.16. The summed E-state index contributed by atoms with van der Waals surface area (Å²) in [5.41, 5.74) is 1.42. The number of nitriles is 1. The summed E-state index contributed by atoms with van der Waals surface area (Å²) >= 11 is 6.62. The zero-order valence-electron chi connectivity index (χ0n) is 18.3. The lowest BCUT2D eigenvalue weighted by atomic mass is 10.1. The van der Waals surface area contributed by atoms with Gasteiger partial charge in [0.25, 0.3) is 5.91 Å². The van der Waals surface area contributed by atoms with E-state index in [1.54, 1.807) is 24.3 Å². The third kappa shape index (κ3) is 5.86. The molecule has 0 aliphatic heterocycles. The van der Waals surface area contributed by atoms with Gasteiger partial charge in [0.15, 0.2) is 0 Å². The van der Waals surface area contributed by atoms with Gasteiger partial charge in [-0.2, -0.15) is 5.26 Å². The number of benzene rings is 2. The van der Waals surface area contributed by atoms with Crippen molar-refractivity contribution in [3.63, 3.8) is 0 Å². The maximum atomic E-state index is 12.7. The fraction of sp³-hybridized carbons (Fsp3) is 0.130. The van der Waals surface area contributed by atoms with Crippen LogP contribution in [0.25, 0.3) is 17.0 Å². The lowest BCUT2D eigenvalue weighted by Gasteiger charge is -2.08. The minimum Gasteiger partial charge on any atom is -0.492 e. The van der Waals surface area contributed by atoms with Crippen molar-refractivity contribution in [1.82, 2.24) is 14.8 Å². The van der Waals surface area contributed by atoms with E-state index in [4.69, 9.17) is 16.3 Å². The molecule has 2 aromatic carbocycles. The van der Waals surface area contributed by atoms with E-state index in [1.165, 1.54) is 6.08 Å². The number of amides is 1.